The van der Waals surface area contributed by atoms with Crippen LogP contribution in [0.3, 0.4) is 0 Å². The van der Waals surface area contributed by atoms with E-state index in [1.54, 1.807) is 0 Å². The van der Waals surface area contributed by atoms with Gasteiger partial charge in [-0.25, -0.2) is 8.78 Å². The van der Waals surface area contributed by atoms with Gasteiger partial charge in [-0.05, 0) is 97.2 Å². The number of fused-ring (bicyclic) bond motifs is 5. The van der Waals surface area contributed by atoms with Crippen LogP contribution in [0.15, 0.2) is 0 Å². The highest BCUT2D eigenvalue weighted by Crippen LogP contribution is 2.69. The third kappa shape index (κ3) is 3.67. The molecule has 174 valence electrons. The molecule has 30 heavy (non-hydrogen) atoms. The van der Waals surface area contributed by atoms with E-state index in [-0.39, 0.29) is 17.8 Å². The third-order valence-corrected chi connectivity index (χ3v) is 10.9. The summed E-state index contributed by atoms with van der Waals surface area (Å²) in [7, 11) is 0. The molecule has 0 aromatic carbocycles. The van der Waals surface area contributed by atoms with Crippen molar-refractivity contribution in [2.24, 2.45) is 52.3 Å². The minimum absolute atomic E-state index is 0.0918. The van der Waals surface area contributed by atoms with Crippen molar-refractivity contribution in [1.82, 2.24) is 0 Å². The molecule has 0 amide bonds. The molecule has 0 spiro atoms. The van der Waals surface area contributed by atoms with E-state index in [0.29, 0.717) is 23.7 Å². The molecule has 0 saturated heterocycles. The first-order valence-electron chi connectivity index (χ1n) is 13.0. The van der Waals surface area contributed by atoms with E-state index >= 15 is 0 Å². The van der Waals surface area contributed by atoms with Crippen molar-refractivity contribution in [3.05, 3.63) is 0 Å². The van der Waals surface area contributed by atoms with E-state index in [2.05, 4.69) is 34.6 Å². The molecule has 4 fully saturated rings. The van der Waals surface area contributed by atoms with Gasteiger partial charge in [-0.1, -0.05) is 53.9 Å². The Morgan fingerprint density at radius 3 is 2.30 bits per heavy atom. The Morgan fingerprint density at radius 2 is 1.60 bits per heavy atom. The Bertz CT molecular complexity index is 618. The van der Waals surface area contributed by atoms with E-state index < -0.39 is 12.0 Å². The normalized spacial score (nSPS) is 48.7. The second kappa shape index (κ2) is 7.99. The van der Waals surface area contributed by atoms with Crippen molar-refractivity contribution in [3.8, 4) is 0 Å². The summed E-state index contributed by atoms with van der Waals surface area (Å²) in [6.07, 6.45) is 10.1. The molecule has 0 bridgehead atoms. The van der Waals surface area contributed by atoms with Gasteiger partial charge < -0.3 is 5.11 Å². The lowest BCUT2D eigenvalue weighted by Crippen LogP contribution is -2.58. The molecule has 4 aliphatic rings. The summed E-state index contributed by atoms with van der Waals surface area (Å²) >= 11 is 0. The van der Waals surface area contributed by atoms with Crippen molar-refractivity contribution >= 4 is 0 Å². The summed E-state index contributed by atoms with van der Waals surface area (Å²) < 4.78 is 29.2. The number of halogens is 2. The van der Waals surface area contributed by atoms with Gasteiger partial charge in [-0.2, -0.15) is 0 Å². The van der Waals surface area contributed by atoms with Crippen molar-refractivity contribution in [1.29, 1.82) is 0 Å². The topological polar surface area (TPSA) is 20.2 Å². The predicted molar refractivity (Wildman–Crippen MR) is 119 cm³/mol. The summed E-state index contributed by atoms with van der Waals surface area (Å²) in [5, 5.41) is 10.0. The van der Waals surface area contributed by atoms with Crippen LogP contribution < -0.4 is 0 Å². The molecule has 4 rings (SSSR count). The van der Waals surface area contributed by atoms with Crippen LogP contribution >= 0.6 is 0 Å². The van der Waals surface area contributed by atoms with Crippen LogP contribution in [-0.2, 0) is 0 Å². The van der Waals surface area contributed by atoms with Gasteiger partial charge in [0, 0.05) is 6.42 Å². The summed E-state index contributed by atoms with van der Waals surface area (Å²) in [6.45, 7) is 11.9. The number of hydrogen-bond acceptors (Lipinski definition) is 1. The summed E-state index contributed by atoms with van der Waals surface area (Å²) in [5.74, 6) is 1.56. The first kappa shape index (κ1) is 23.0. The zero-order valence-electron chi connectivity index (χ0n) is 20.1. The van der Waals surface area contributed by atoms with Crippen molar-refractivity contribution in [2.75, 3.05) is 0 Å². The van der Waals surface area contributed by atoms with E-state index in [1.165, 1.54) is 44.9 Å². The quantitative estimate of drug-likeness (QED) is 0.479. The van der Waals surface area contributed by atoms with E-state index in [9.17, 15) is 13.9 Å². The largest absolute Gasteiger partial charge is 0.387 e. The highest BCUT2D eigenvalue weighted by atomic mass is 19.3. The molecule has 4 saturated carbocycles. The fourth-order valence-electron chi connectivity index (χ4n) is 9.29. The van der Waals surface area contributed by atoms with Crippen LogP contribution in [0, 0.1) is 52.3 Å². The van der Waals surface area contributed by atoms with Gasteiger partial charge in [0.25, 0.3) is 5.92 Å². The highest BCUT2D eigenvalue weighted by Gasteiger charge is 2.64. The lowest BCUT2D eigenvalue weighted by molar-refractivity contribution is -0.218. The molecule has 3 heteroatoms. The SMILES string of the molecule is CC(C)CCC[C@@H](C)[C@H]1CC[C@H]2[C@@H]3CC[C@H]4C[C@@H](O)C(F)(F)C[C@]4(C)[C@H]3CC[C@]12C. The standard InChI is InChI=1S/C27H46F2O/c1-17(2)7-6-8-18(3)21-11-12-22-20-10-9-19-15-24(30)27(28,29)16-26(19,5)23(20)13-14-25(21,22)4/h17-24,30H,6-16H2,1-5H3/t18-,19+,20+,21-,22+,23+,24-,25-,26+/m1/s1. The fraction of sp³-hybridized carbons (Fsp3) is 1.00. The van der Waals surface area contributed by atoms with Gasteiger partial charge in [0.05, 0.1) is 0 Å². The van der Waals surface area contributed by atoms with Crippen molar-refractivity contribution < 1.29 is 13.9 Å². The van der Waals surface area contributed by atoms with Gasteiger partial charge in [0.2, 0.25) is 0 Å². The average molecular weight is 425 g/mol. The van der Waals surface area contributed by atoms with Crippen LogP contribution in [0.2, 0.25) is 0 Å². The minimum atomic E-state index is -2.91. The van der Waals surface area contributed by atoms with E-state index in [4.69, 9.17) is 0 Å². The monoisotopic (exact) mass is 424 g/mol. The van der Waals surface area contributed by atoms with Crippen LogP contribution in [-0.4, -0.2) is 17.1 Å². The first-order chi connectivity index (χ1) is 14.0. The second-order valence-corrected chi connectivity index (χ2v) is 12.9. The van der Waals surface area contributed by atoms with Crippen LogP contribution in [0.25, 0.3) is 0 Å². The van der Waals surface area contributed by atoms with Crippen LogP contribution in [0.1, 0.15) is 105 Å². The van der Waals surface area contributed by atoms with Crippen molar-refractivity contribution in [3.63, 3.8) is 0 Å². The Balaban J connectivity index is 1.49. The molecule has 0 unspecified atom stereocenters. The second-order valence-electron chi connectivity index (χ2n) is 12.9. The van der Waals surface area contributed by atoms with E-state index in [1.807, 2.05) is 0 Å². The Labute approximate surface area is 183 Å². The highest BCUT2D eigenvalue weighted by molar-refractivity contribution is 5.11. The summed E-state index contributed by atoms with van der Waals surface area (Å²) in [4.78, 5) is 0. The maximum atomic E-state index is 14.6. The van der Waals surface area contributed by atoms with Gasteiger partial charge in [-0.15, -0.1) is 0 Å². The number of alkyl halides is 2. The summed E-state index contributed by atoms with van der Waals surface area (Å²) in [6, 6.07) is 0. The number of rotatable bonds is 5. The smallest absolute Gasteiger partial charge is 0.274 e. The molecule has 9 atom stereocenters. The molecule has 0 aromatic rings. The molecular weight excluding hydrogens is 378 g/mol. The zero-order chi connectivity index (χ0) is 21.9. The molecule has 4 aliphatic carbocycles. The van der Waals surface area contributed by atoms with Gasteiger partial charge in [0.15, 0.2) is 0 Å². The predicted octanol–water partition coefficient (Wildman–Crippen LogP) is 7.71. The van der Waals surface area contributed by atoms with Crippen molar-refractivity contribution in [2.45, 2.75) is 117 Å². The summed E-state index contributed by atoms with van der Waals surface area (Å²) in [5.41, 5.74) is 0.131. The first-order valence-corrected chi connectivity index (χ1v) is 13.0. The average Bonchev–Trinajstić information content (AvgIpc) is 2.99. The Hall–Kier alpha value is -0.180. The van der Waals surface area contributed by atoms with Crippen LogP contribution in [0.5, 0.6) is 0 Å². The van der Waals surface area contributed by atoms with Crippen LogP contribution in [0.4, 0.5) is 8.78 Å². The Kier molecular flexibility index (Phi) is 6.13. The number of aliphatic hydroxyl groups is 1. The van der Waals surface area contributed by atoms with Gasteiger partial charge in [-0.3, -0.25) is 0 Å². The maximum Gasteiger partial charge on any atom is 0.274 e. The lowest BCUT2D eigenvalue weighted by atomic mass is 9.44. The molecule has 0 heterocycles. The molecule has 1 nitrogen and oxygen atoms in total. The Morgan fingerprint density at radius 1 is 0.900 bits per heavy atom. The fourth-order valence-corrected chi connectivity index (χ4v) is 9.29. The van der Waals surface area contributed by atoms with E-state index in [0.717, 1.165) is 36.5 Å². The molecule has 0 aliphatic heterocycles. The van der Waals surface area contributed by atoms with Gasteiger partial charge in [0.1, 0.15) is 6.10 Å². The molecule has 0 radical (unpaired) electrons. The number of aliphatic hydroxyl groups excluding tert-OH is 1. The third-order valence-electron chi connectivity index (χ3n) is 10.9. The maximum absolute atomic E-state index is 14.6. The molecule has 1 N–H and O–H groups in total. The number of hydrogen-bond donors (Lipinski definition) is 1. The van der Waals surface area contributed by atoms with Gasteiger partial charge >= 0.3 is 0 Å². The molecular formula is C27H46F2O. The minimum Gasteiger partial charge on any atom is -0.387 e. The zero-order valence-corrected chi connectivity index (χ0v) is 20.1. The molecule has 0 aromatic heterocycles. The lowest BCUT2D eigenvalue weighted by Gasteiger charge is -2.62.